The molecule has 0 fully saturated rings. The molecule has 40 heavy (non-hydrogen) atoms. The Bertz CT molecular complexity index is 1340. The Kier molecular flexibility index (Phi) is 10.2. The zero-order valence-corrected chi connectivity index (χ0v) is 26.7. The number of rotatable bonds is 10. The van der Waals surface area contributed by atoms with Crippen molar-refractivity contribution in [3.8, 4) is 11.1 Å². The van der Waals surface area contributed by atoms with E-state index in [0.717, 1.165) is 6.16 Å². The first-order valence-electron chi connectivity index (χ1n) is 14.4. The molecule has 4 heteroatoms. The average molecular weight is 570 g/mol. The molecule has 4 aromatic carbocycles. The van der Waals surface area contributed by atoms with Crippen LogP contribution in [0.25, 0.3) is 11.1 Å². The summed E-state index contributed by atoms with van der Waals surface area (Å²) < 4.78 is 17.0. The third-order valence-electron chi connectivity index (χ3n) is 7.28. The molecular formula is C36H44NOPS. The van der Waals surface area contributed by atoms with Gasteiger partial charge in [-0.05, 0) is 85.1 Å². The van der Waals surface area contributed by atoms with Gasteiger partial charge in [-0.25, -0.2) is 8.93 Å². The maximum absolute atomic E-state index is 13.7. The van der Waals surface area contributed by atoms with Gasteiger partial charge in [-0.3, -0.25) is 0 Å². The minimum atomic E-state index is -1.23. The number of benzene rings is 4. The van der Waals surface area contributed by atoms with Gasteiger partial charge in [0.1, 0.15) is 0 Å². The minimum absolute atomic E-state index is 0.0944. The van der Waals surface area contributed by atoms with Crippen molar-refractivity contribution in [1.29, 1.82) is 0 Å². The molecule has 210 valence electrons. The van der Waals surface area contributed by atoms with E-state index in [-0.39, 0.29) is 10.8 Å². The Hall–Kier alpha value is -2.58. The third-order valence-corrected chi connectivity index (χ3v) is 11.5. The molecule has 0 saturated heterocycles. The molecule has 0 spiro atoms. The van der Waals surface area contributed by atoms with Crippen LogP contribution in [-0.4, -0.2) is 15.1 Å². The Morgan fingerprint density at radius 3 is 1.57 bits per heavy atom. The summed E-state index contributed by atoms with van der Waals surface area (Å²) >= 11 is 0. The highest BCUT2D eigenvalue weighted by Crippen LogP contribution is 2.43. The first-order chi connectivity index (χ1) is 19.1. The molecule has 0 heterocycles. The number of hydrogen-bond acceptors (Lipinski definition) is 1. The van der Waals surface area contributed by atoms with Crippen molar-refractivity contribution < 1.29 is 4.21 Å². The molecular weight excluding hydrogens is 525 g/mol. The molecule has 0 bridgehead atoms. The molecule has 2 atom stereocenters. The highest BCUT2D eigenvalue weighted by atomic mass is 32.2. The minimum Gasteiger partial charge on any atom is -0.242 e. The SMILES string of the molecule is CC(C)c1cccc(C(C)C)c1-c1ccccc1C(CP(c1ccccc1)c1ccccc1)N[S@](=O)C(C)(C)C. The summed E-state index contributed by atoms with van der Waals surface area (Å²) in [6, 6.07) is 37.1. The fourth-order valence-electron chi connectivity index (χ4n) is 5.15. The fourth-order valence-corrected chi connectivity index (χ4v) is 8.54. The van der Waals surface area contributed by atoms with E-state index in [1.807, 2.05) is 20.8 Å². The summed E-state index contributed by atoms with van der Waals surface area (Å²) in [5.41, 5.74) is 6.52. The van der Waals surface area contributed by atoms with Crippen LogP contribution in [0.2, 0.25) is 0 Å². The van der Waals surface area contributed by atoms with E-state index in [0.29, 0.717) is 11.8 Å². The molecule has 0 aliphatic heterocycles. The van der Waals surface area contributed by atoms with Crippen LogP contribution >= 0.6 is 7.92 Å². The lowest BCUT2D eigenvalue weighted by atomic mass is 9.82. The van der Waals surface area contributed by atoms with Crippen LogP contribution in [0.5, 0.6) is 0 Å². The lowest BCUT2D eigenvalue weighted by Crippen LogP contribution is -2.38. The van der Waals surface area contributed by atoms with Crippen LogP contribution in [0.1, 0.15) is 83.0 Å². The molecule has 1 N–H and O–H groups in total. The van der Waals surface area contributed by atoms with Crippen molar-refractivity contribution in [2.75, 3.05) is 6.16 Å². The van der Waals surface area contributed by atoms with Gasteiger partial charge in [-0.1, -0.05) is 131 Å². The predicted molar refractivity (Wildman–Crippen MR) is 178 cm³/mol. The Morgan fingerprint density at radius 2 is 1.10 bits per heavy atom. The molecule has 1 unspecified atom stereocenters. The second kappa shape index (κ2) is 13.4. The molecule has 0 aromatic heterocycles. The van der Waals surface area contributed by atoms with Gasteiger partial charge in [-0.2, -0.15) is 0 Å². The van der Waals surface area contributed by atoms with E-state index in [9.17, 15) is 4.21 Å². The van der Waals surface area contributed by atoms with Crippen LogP contribution in [-0.2, 0) is 11.0 Å². The average Bonchev–Trinajstić information content (AvgIpc) is 2.95. The third kappa shape index (κ3) is 7.19. The molecule has 0 amide bonds. The second-order valence-electron chi connectivity index (χ2n) is 12.0. The summed E-state index contributed by atoms with van der Waals surface area (Å²) in [7, 11) is -1.93. The van der Waals surface area contributed by atoms with Crippen molar-refractivity contribution in [3.63, 3.8) is 0 Å². The van der Waals surface area contributed by atoms with E-state index in [4.69, 9.17) is 0 Å². The van der Waals surface area contributed by atoms with Crippen molar-refractivity contribution in [2.45, 2.75) is 71.1 Å². The first kappa shape index (κ1) is 30.4. The van der Waals surface area contributed by atoms with Crippen LogP contribution < -0.4 is 15.3 Å². The van der Waals surface area contributed by atoms with Gasteiger partial charge < -0.3 is 0 Å². The van der Waals surface area contributed by atoms with Gasteiger partial charge in [0.15, 0.2) is 0 Å². The van der Waals surface area contributed by atoms with Crippen LogP contribution in [0.4, 0.5) is 0 Å². The zero-order valence-electron chi connectivity index (χ0n) is 25.0. The van der Waals surface area contributed by atoms with Crippen LogP contribution in [0.15, 0.2) is 103 Å². The summed E-state index contributed by atoms with van der Waals surface area (Å²) in [4.78, 5) is 0. The van der Waals surface area contributed by atoms with E-state index in [2.05, 4.69) is 136 Å². The summed E-state index contributed by atoms with van der Waals surface area (Å²) in [5, 5.41) is 2.67. The van der Waals surface area contributed by atoms with Gasteiger partial charge in [0.2, 0.25) is 0 Å². The van der Waals surface area contributed by atoms with Crippen molar-refractivity contribution in [2.24, 2.45) is 0 Å². The maximum Gasteiger partial charge on any atom is 0.0976 e. The lowest BCUT2D eigenvalue weighted by molar-refractivity contribution is 0.618. The largest absolute Gasteiger partial charge is 0.242 e. The smallest absolute Gasteiger partial charge is 0.0976 e. The highest BCUT2D eigenvalue weighted by molar-refractivity contribution is 7.84. The molecule has 0 radical (unpaired) electrons. The van der Waals surface area contributed by atoms with Crippen LogP contribution in [0.3, 0.4) is 0 Å². The number of nitrogens with one attached hydrogen (secondary N) is 1. The van der Waals surface area contributed by atoms with E-state index in [1.54, 1.807) is 0 Å². The quantitative estimate of drug-likeness (QED) is 0.190. The van der Waals surface area contributed by atoms with Gasteiger partial charge >= 0.3 is 0 Å². The Morgan fingerprint density at radius 1 is 0.650 bits per heavy atom. The normalized spacial score (nSPS) is 13.7. The maximum atomic E-state index is 13.7. The van der Waals surface area contributed by atoms with Crippen molar-refractivity contribution in [1.82, 2.24) is 4.72 Å². The van der Waals surface area contributed by atoms with E-state index in [1.165, 1.54) is 38.4 Å². The van der Waals surface area contributed by atoms with Gasteiger partial charge in [0.25, 0.3) is 0 Å². The monoisotopic (exact) mass is 569 g/mol. The van der Waals surface area contributed by atoms with Crippen molar-refractivity contribution in [3.05, 3.63) is 120 Å². The zero-order chi connectivity index (χ0) is 28.9. The second-order valence-corrected chi connectivity index (χ2v) is 16.3. The Labute approximate surface area is 246 Å². The summed E-state index contributed by atoms with van der Waals surface area (Å²) in [6.45, 7) is 15.2. The Balaban J connectivity index is 1.92. The molecule has 0 aliphatic carbocycles. The fraction of sp³-hybridized carbons (Fsp3) is 0.333. The summed E-state index contributed by atoms with van der Waals surface area (Å²) in [6.07, 6.45) is 0.850. The first-order valence-corrected chi connectivity index (χ1v) is 17.0. The molecule has 4 rings (SSSR count). The van der Waals surface area contributed by atoms with E-state index >= 15 is 0 Å². The lowest BCUT2D eigenvalue weighted by Gasteiger charge is -2.31. The van der Waals surface area contributed by atoms with Gasteiger partial charge in [-0.15, -0.1) is 0 Å². The highest BCUT2D eigenvalue weighted by Gasteiger charge is 2.29. The molecule has 0 saturated carbocycles. The van der Waals surface area contributed by atoms with Crippen LogP contribution in [0, 0.1) is 0 Å². The van der Waals surface area contributed by atoms with E-state index < -0.39 is 18.9 Å². The standard InChI is InChI=1S/C36H44NOPS/c1-26(2)30-23-16-24-31(27(3)4)35(30)33-22-15-14-21-32(33)34(37-40(38)36(5,6)7)25-39(28-17-10-8-11-18-28)29-19-12-9-13-20-29/h8-24,26-27,34,37H,25H2,1-7H3/t34?,40-/m1/s1. The summed E-state index contributed by atoms with van der Waals surface area (Å²) in [5.74, 6) is 0.783. The topological polar surface area (TPSA) is 29.1 Å². The van der Waals surface area contributed by atoms with Gasteiger partial charge in [0.05, 0.1) is 15.7 Å². The number of hydrogen-bond donors (Lipinski definition) is 1. The molecule has 0 aliphatic rings. The van der Waals surface area contributed by atoms with Gasteiger partial charge in [0, 0.05) is 6.04 Å². The predicted octanol–water partition coefficient (Wildman–Crippen LogP) is 8.83. The molecule has 2 nitrogen and oxygen atoms in total. The molecule has 4 aromatic rings. The van der Waals surface area contributed by atoms with Crippen molar-refractivity contribution >= 4 is 29.5 Å².